The molecule has 2 aromatic heterocycles. The summed E-state index contributed by atoms with van der Waals surface area (Å²) >= 11 is 6.33. The van der Waals surface area contributed by atoms with Gasteiger partial charge in [0.25, 0.3) is 5.56 Å². The van der Waals surface area contributed by atoms with E-state index in [2.05, 4.69) is 43.3 Å². The first-order valence-electron chi connectivity index (χ1n) is 13.8. The van der Waals surface area contributed by atoms with E-state index in [9.17, 15) is 4.79 Å². The molecule has 0 radical (unpaired) electrons. The first-order valence-corrected chi connectivity index (χ1v) is 14.1. The van der Waals surface area contributed by atoms with Crippen LogP contribution < -0.4 is 15.2 Å². The summed E-state index contributed by atoms with van der Waals surface area (Å²) in [6, 6.07) is 13.6. The molecule has 1 aliphatic carbocycles. The summed E-state index contributed by atoms with van der Waals surface area (Å²) in [6.45, 7) is 5.24. The topological polar surface area (TPSA) is 92.2 Å². The molecule has 0 unspecified atom stereocenters. The summed E-state index contributed by atoms with van der Waals surface area (Å²) in [5.74, 6) is 1.48. The van der Waals surface area contributed by atoms with Crippen molar-refractivity contribution in [2.45, 2.75) is 51.1 Å². The molecule has 4 aromatic rings. The van der Waals surface area contributed by atoms with Crippen molar-refractivity contribution in [3.63, 3.8) is 0 Å². The first-order chi connectivity index (χ1) is 19.0. The van der Waals surface area contributed by atoms with E-state index in [1.54, 1.807) is 7.11 Å². The summed E-state index contributed by atoms with van der Waals surface area (Å²) in [5, 5.41) is 14.8. The van der Waals surface area contributed by atoms with Crippen molar-refractivity contribution < 1.29 is 4.74 Å². The zero-order valence-electron chi connectivity index (χ0n) is 22.4. The third-order valence-electron chi connectivity index (χ3n) is 8.25. The highest BCUT2D eigenvalue weighted by Crippen LogP contribution is 2.34. The molecule has 0 amide bonds. The first kappa shape index (κ1) is 25.8. The van der Waals surface area contributed by atoms with Crippen molar-refractivity contribution in [2.75, 3.05) is 38.2 Å². The molecule has 1 saturated carbocycles. The van der Waals surface area contributed by atoms with Crippen molar-refractivity contribution in [2.24, 2.45) is 0 Å². The minimum absolute atomic E-state index is 0.121. The van der Waals surface area contributed by atoms with Crippen LogP contribution in [-0.4, -0.2) is 63.4 Å². The summed E-state index contributed by atoms with van der Waals surface area (Å²) in [6.07, 6.45) is 5.69. The van der Waals surface area contributed by atoms with Gasteiger partial charge >= 0.3 is 0 Å². The number of fused-ring (bicyclic) bond motifs is 1. The Morgan fingerprint density at radius 1 is 1.03 bits per heavy atom. The molecule has 1 aliphatic heterocycles. The van der Waals surface area contributed by atoms with E-state index in [-0.39, 0.29) is 17.6 Å². The fourth-order valence-corrected chi connectivity index (χ4v) is 6.31. The van der Waals surface area contributed by atoms with Gasteiger partial charge in [-0.2, -0.15) is 0 Å². The fourth-order valence-electron chi connectivity index (χ4n) is 6.14. The normalized spacial score (nSPS) is 18.0. The molecule has 2 aliphatic rings. The second-order valence-corrected chi connectivity index (χ2v) is 11.1. The van der Waals surface area contributed by atoms with Crippen LogP contribution in [0.4, 0.5) is 5.69 Å². The van der Waals surface area contributed by atoms with Gasteiger partial charge < -0.3 is 14.6 Å². The number of rotatable bonds is 6. The Kier molecular flexibility index (Phi) is 7.27. The maximum Gasteiger partial charge on any atom is 0.253 e. The van der Waals surface area contributed by atoms with Gasteiger partial charge in [-0.3, -0.25) is 9.69 Å². The molecule has 6 rings (SSSR count). The molecular formula is C29H34ClN7O2. The number of tetrazole rings is 1. The molecule has 1 N–H and O–H groups in total. The molecule has 204 valence electrons. The molecule has 10 heteroatoms. The fraction of sp³-hybridized carbons (Fsp3) is 0.448. The van der Waals surface area contributed by atoms with Gasteiger partial charge in [-0.25, -0.2) is 4.68 Å². The van der Waals surface area contributed by atoms with E-state index in [1.165, 1.54) is 24.8 Å². The minimum atomic E-state index is -0.371. The van der Waals surface area contributed by atoms with E-state index >= 15 is 0 Å². The standard InChI is InChI=1S/C29H34ClN7O2/c1-19-8-9-21(30)18-26(19)35-12-14-36(15-13-35)27(28-32-33-34-37(28)22-6-4-3-5-7-22)24-17-20-16-23(39-2)10-11-25(20)31-29(24)38/h8-11,16-18,22,27H,3-7,12-15H2,1-2H3,(H,31,38)/t27-/m1/s1. The van der Waals surface area contributed by atoms with Gasteiger partial charge in [-0.05, 0) is 72.2 Å². The number of piperazine rings is 1. The maximum absolute atomic E-state index is 13.6. The van der Waals surface area contributed by atoms with E-state index in [0.717, 1.165) is 72.2 Å². The van der Waals surface area contributed by atoms with Crippen molar-refractivity contribution >= 4 is 28.2 Å². The highest BCUT2D eigenvalue weighted by Gasteiger charge is 2.34. The molecule has 9 nitrogen and oxygen atoms in total. The number of hydrogen-bond donors (Lipinski definition) is 1. The third-order valence-corrected chi connectivity index (χ3v) is 8.48. The number of methoxy groups -OCH3 is 1. The zero-order chi connectivity index (χ0) is 26.9. The summed E-state index contributed by atoms with van der Waals surface area (Å²) in [7, 11) is 1.65. The van der Waals surface area contributed by atoms with E-state index in [1.807, 2.05) is 41.1 Å². The number of H-pyrrole nitrogens is 1. The molecule has 39 heavy (non-hydrogen) atoms. The molecular weight excluding hydrogens is 514 g/mol. The van der Waals surface area contributed by atoms with Crippen molar-refractivity contribution in [3.05, 3.63) is 74.8 Å². The van der Waals surface area contributed by atoms with Gasteiger partial charge in [0.2, 0.25) is 0 Å². The Balaban J connectivity index is 1.39. The number of nitrogens with zero attached hydrogens (tertiary/aromatic N) is 6. The Morgan fingerprint density at radius 2 is 1.82 bits per heavy atom. The number of aryl methyl sites for hydroxylation is 1. The number of aromatic amines is 1. The molecule has 2 fully saturated rings. The number of halogens is 1. The second kappa shape index (κ2) is 11.0. The molecule has 3 heterocycles. The molecule has 1 atom stereocenters. The SMILES string of the molecule is COc1ccc2[nH]c(=O)c([C@H](c3nnnn3C3CCCCC3)N3CCN(c4cc(Cl)ccc4C)CC3)cc2c1. The van der Waals surface area contributed by atoms with Crippen molar-refractivity contribution in [3.8, 4) is 5.75 Å². The van der Waals surface area contributed by atoms with Crippen LogP contribution in [-0.2, 0) is 0 Å². The highest BCUT2D eigenvalue weighted by molar-refractivity contribution is 6.30. The van der Waals surface area contributed by atoms with Crippen LogP contribution in [0, 0.1) is 6.92 Å². The number of nitrogens with one attached hydrogen (secondary N) is 1. The smallest absolute Gasteiger partial charge is 0.253 e. The lowest BCUT2D eigenvalue weighted by Crippen LogP contribution is -2.49. The van der Waals surface area contributed by atoms with Crippen LogP contribution in [0.5, 0.6) is 5.75 Å². The second-order valence-electron chi connectivity index (χ2n) is 10.6. The Bertz CT molecular complexity index is 1520. The van der Waals surface area contributed by atoms with Gasteiger partial charge in [-0.15, -0.1) is 5.10 Å². The van der Waals surface area contributed by atoms with Crippen LogP contribution in [0.1, 0.15) is 61.1 Å². The lowest BCUT2D eigenvalue weighted by Gasteiger charge is -2.40. The van der Waals surface area contributed by atoms with Crippen LogP contribution in [0.3, 0.4) is 0 Å². The molecule has 2 aromatic carbocycles. The van der Waals surface area contributed by atoms with E-state index in [0.29, 0.717) is 5.56 Å². The third kappa shape index (κ3) is 5.13. The highest BCUT2D eigenvalue weighted by atomic mass is 35.5. The zero-order valence-corrected chi connectivity index (χ0v) is 23.2. The van der Waals surface area contributed by atoms with Gasteiger partial charge in [0.1, 0.15) is 11.8 Å². The molecule has 1 saturated heterocycles. The summed E-state index contributed by atoms with van der Waals surface area (Å²) < 4.78 is 7.45. The van der Waals surface area contributed by atoms with Gasteiger partial charge in [0.15, 0.2) is 5.82 Å². The Labute approximate surface area is 232 Å². The average molecular weight is 548 g/mol. The Morgan fingerprint density at radius 3 is 2.59 bits per heavy atom. The number of ether oxygens (including phenoxy) is 1. The molecule has 0 spiro atoms. The van der Waals surface area contributed by atoms with Crippen LogP contribution in [0.2, 0.25) is 5.02 Å². The van der Waals surface area contributed by atoms with Crippen molar-refractivity contribution in [1.82, 2.24) is 30.1 Å². The van der Waals surface area contributed by atoms with Gasteiger partial charge in [0, 0.05) is 53.4 Å². The monoisotopic (exact) mass is 547 g/mol. The van der Waals surface area contributed by atoms with Crippen molar-refractivity contribution in [1.29, 1.82) is 0 Å². The average Bonchev–Trinajstić information content (AvgIpc) is 3.45. The number of hydrogen-bond acceptors (Lipinski definition) is 7. The predicted molar refractivity (Wildman–Crippen MR) is 153 cm³/mol. The maximum atomic E-state index is 13.6. The van der Waals surface area contributed by atoms with Gasteiger partial charge in [0.05, 0.1) is 13.2 Å². The predicted octanol–water partition coefficient (Wildman–Crippen LogP) is 4.90. The number of pyridine rings is 1. The van der Waals surface area contributed by atoms with Gasteiger partial charge in [-0.1, -0.05) is 36.9 Å². The van der Waals surface area contributed by atoms with Crippen LogP contribution in [0.15, 0.2) is 47.3 Å². The van der Waals surface area contributed by atoms with E-state index in [4.69, 9.17) is 16.3 Å². The number of aromatic nitrogens is 5. The Hall–Kier alpha value is -3.43. The van der Waals surface area contributed by atoms with Crippen LogP contribution >= 0.6 is 11.6 Å². The number of benzene rings is 2. The summed E-state index contributed by atoms with van der Waals surface area (Å²) in [4.78, 5) is 21.4. The van der Waals surface area contributed by atoms with Crippen LogP contribution in [0.25, 0.3) is 10.9 Å². The number of anilines is 1. The minimum Gasteiger partial charge on any atom is -0.497 e. The summed E-state index contributed by atoms with van der Waals surface area (Å²) in [5.41, 5.74) is 3.65. The quantitative estimate of drug-likeness (QED) is 0.367. The lowest BCUT2D eigenvalue weighted by molar-refractivity contribution is 0.192. The van der Waals surface area contributed by atoms with E-state index < -0.39 is 0 Å². The largest absolute Gasteiger partial charge is 0.497 e. The lowest BCUT2D eigenvalue weighted by atomic mass is 9.95. The molecule has 0 bridgehead atoms.